The van der Waals surface area contributed by atoms with Gasteiger partial charge in [0, 0.05) is 28.0 Å². The molecule has 31 heavy (non-hydrogen) atoms. The van der Waals surface area contributed by atoms with Gasteiger partial charge >= 0.3 is 5.97 Å². The molecule has 2 aromatic heterocycles. The number of carboxylic acid groups (broad SMARTS) is 1. The Labute approximate surface area is 182 Å². The second-order valence-electron chi connectivity index (χ2n) is 8.21. The first-order valence-electron chi connectivity index (χ1n) is 10.4. The highest BCUT2D eigenvalue weighted by molar-refractivity contribution is 7.15. The van der Waals surface area contributed by atoms with E-state index in [9.17, 15) is 14.7 Å². The standard InChI is InChI=1S/C23H23FN2O4S/c1-25-16-5-3-4-11-8-17(31-22(11)16)18-15(24)9-13-19(21(18)30-2)26(12-6-7-12)10-14(20(13)27)23(28)29/h8-10,12,16,25H,3-7H2,1-2H3,(H,28,29). The Kier molecular flexibility index (Phi) is 4.86. The zero-order valence-corrected chi connectivity index (χ0v) is 18.1. The van der Waals surface area contributed by atoms with Gasteiger partial charge in [-0.1, -0.05) is 0 Å². The van der Waals surface area contributed by atoms with Crippen LogP contribution in [0.2, 0.25) is 0 Å². The number of thiophene rings is 1. The van der Waals surface area contributed by atoms with Crippen LogP contribution < -0.4 is 15.5 Å². The van der Waals surface area contributed by atoms with Gasteiger partial charge in [0.05, 0.1) is 23.6 Å². The monoisotopic (exact) mass is 442 g/mol. The third kappa shape index (κ3) is 3.16. The van der Waals surface area contributed by atoms with Crippen LogP contribution in [-0.2, 0) is 6.42 Å². The van der Waals surface area contributed by atoms with Gasteiger partial charge in [0.2, 0.25) is 5.43 Å². The molecule has 1 aromatic carbocycles. The first kappa shape index (κ1) is 20.2. The fourth-order valence-electron chi connectivity index (χ4n) is 4.63. The maximum Gasteiger partial charge on any atom is 0.341 e. The van der Waals surface area contributed by atoms with E-state index in [4.69, 9.17) is 4.74 Å². The molecule has 6 nitrogen and oxygen atoms in total. The van der Waals surface area contributed by atoms with Gasteiger partial charge in [0.25, 0.3) is 0 Å². The van der Waals surface area contributed by atoms with Crippen molar-refractivity contribution in [1.82, 2.24) is 9.88 Å². The SMILES string of the molecule is CNC1CCCc2cc(-c3c(F)cc4c(=O)c(C(=O)O)cn(C5CC5)c4c3OC)sc21. The van der Waals surface area contributed by atoms with E-state index in [0.717, 1.165) is 37.0 Å². The Morgan fingerprint density at radius 3 is 2.74 bits per heavy atom. The van der Waals surface area contributed by atoms with E-state index in [0.29, 0.717) is 11.1 Å². The second kappa shape index (κ2) is 7.46. The molecule has 2 N–H and O–H groups in total. The van der Waals surface area contributed by atoms with Crippen molar-refractivity contribution in [2.24, 2.45) is 0 Å². The van der Waals surface area contributed by atoms with Crippen molar-refractivity contribution in [2.45, 2.75) is 44.2 Å². The van der Waals surface area contributed by atoms with Crippen LogP contribution in [0.25, 0.3) is 21.3 Å². The van der Waals surface area contributed by atoms with E-state index >= 15 is 4.39 Å². The number of halogens is 1. The van der Waals surface area contributed by atoms with Crippen LogP contribution in [0.5, 0.6) is 5.75 Å². The highest BCUT2D eigenvalue weighted by Crippen LogP contribution is 2.47. The van der Waals surface area contributed by atoms with E-state index < -0.39 is 17.2 Å². The molecule has 8 heteroatoms. The van der Waals surface area contributed by atoms with E-state index in [2.05, 4.69) is 5.32 Å². The van der Waals surface area contributed by atoms with E-state index in [-0.39, 0.29) is 28.8 Å². The van der Waals surface area contributed by atoms with Gasteiger partial charge in [-0.25, -0.2) is 9.18 Å². The minimum absolute atomic E-state index is 0.0410. The number of carboxylic acids is 1. The normalized spacial score (nSPS) is 18.2. The number of aromatic carboxylic acids is 1. The Hall–Kier alpha value is -2.71. The van der Waals surface area contributed by atoms with Crippen molar-refractivity contribution in [3.8, 4) is 16.2 Å². The number of hydrogen-bond donors (Lipinski definition) is 2. The molecule has 0 spiro atoms. The van der Waals surface area contributed by atoms with Gasteiger partial charge in [0.1, 0.15) is 11.4 Å². The van der Waals surface area contributed by atoms with E-state index in [1.807, 2.05) is 13.1 Å². The maximum atomic E-state index is 15.5. The quantitative estimate of drug-likeness (QED) is 0.608. The van der Waals surface area contributed by atoms with E-state index in [1.165, 1.54) is 29.8 Å². The Morgan fingerprint density at radius 2 is 2.10 bits per heavy atom. The molecular formula is C23H23FN2O4S. The Morgan fingerprint density at radius 1 is 1.32 bits per heavy atom. The average Bonchev–Trinajstić information content (AvgIpc) is 3.50. The first-order chi connectivity index (χ1) is 14.9. The summed E-state index contributed by atoms with van der Waals surface area (Å²) in [7, 11) is 3.40. The molecule has 1 fully saturated rings. The molecule has 3 aromatic rings. The number of nitrogens with one attached hydrogen (secondary N) is 1. The second-order valence-corrected chi connectivity index (χ2v) is 9.30. The molecule has 0 bridgehead atoms. The molecule has 2 aliphatic carbocycles. The highest BCUT2D eigenvalue weighted by atomic mass is 32.1. The van der Waals surface area contributed by atoms with Crippen LogP contribution in [0, 0.1) is 5.82 Å². The summed E-state index contributed by atoms with van der Waals surface area (Å²) in [6, 6.07) is 3.54. The molecule has 0 aliphatic heterocycles. The highest BCUT2D eigenvalue weighted by Gasteiger charge is 2.31. The van der Waals surface area contributed by atoms with Gasteiger partial charge in [-0.3, -0.25) is 4.79 Å². The Bertz CT molecular complexity index is 1280. The number of pyridine rings is 1. The lowest BCUT2D eigenvalue weighted by molar-refractivity contribution is 0.0695. The number of rotatable bonds is 5. The van der Waals surface area contributed by atoms with Crippen LogP contribution in [-0.4, -0.2) is 29.8 Å². The van der Waals surface area contributed by atoms with Crippen molar-refractivity contribution in [1.29, 1.82) is 0 Å². The minimum atomic E-state index is -1.31. The number of carbonyl (C=O) groups is 1. The number of aryl methyl sites for hydroxylation is 1. The molecule has 5 rings (SSSR count). The molecule has 1 unspecified atom stereocenters. The number of aromatic nitrogens is 1. The zero-order chi connectivity index (χ0) is 21.9. The van der Waals surface area contributed by atoms with Crippen LogP contribution in [0.15, 0.2) is 23.1 Å². The summed E-state index contributed by atoms with van der Waals surface area (Å²) in [5.74, 6) is -1.60. The van der Waals surface area contributed by atoms with Crippen LogP contribution in [0.3, 0.4) is 0 Å². The van der Waals surface area contributed by atoms with Crippen molar-refractivity contribution >= 4 is 28.2 Å². The summed E-state index contributed by atoms with van der Waals surface area (Å²) >= 11 is 1.55. The summed E-state index contributed by atoms with van der Waals surface area (Å²) in [6.45, 7) is 0. The van der Waals surface area contributed by atoms with Crippen LogP contribution >= 0.6 is 11.3 Å². The molecule has 2 heterocycles. The number of nitrogens with zero attached hydrogens (tertiary/aromatic N) is 1. The lowest BCUT2D eigenvalue weighted by Gasteiger charge is -2.21. The number of ether oxygens (including phenoxy) is 1. The van der Waals surface area contributed by atoms with Gasteiger partial charge in [-0.2, -0.15) is 0 Å². The van der Waals surface area contributed by atoms with Crippen molar-refractivity contribution in [2.75, 3.05) is 14.2 Å². The minimum Gasteiger partial charge on any atom is -0.494 e. The van der Waals surface area contributed by atoms with Crippen molar-refractivity contribution in [3.63, 3.8) is 0 Å². The molecule has 0 radical (unpaired) electrons. The van der Waals surface area contributed by atoms with Gasteiger partial charge in [-0.05, 0) is 56.8 Å². The van der Waals surface area contributed by atoms with E-state index in [1.54, 1.807) is 15.9 Å². The number of hydrogen-bond acceptors (Lipinski definition) is 5. The number of fused-ring (bicyclic) bond motifs is 2. The molecule has 0 amide bonds. The summed E-state index contributed by atoms with van der Waals surface area (Å²) in [5.41, 5.74) is 0.975. The fraction of sp³-hybridized carbons (Fsp3) is 0.391. The van der Waals surface area contributed by atoms with Crippen molar-refractivity contribution < 1.29 is 19.0 Å². The molecule has 162 valence electrons. The summed E-state index contributed by atoms with van der Waals surface area (Å²) in [6.07, 6.45) is 6.21. The molecule has 1 saturated carbocycles. The van der Waals surface area contributed by atoms with Crippen LogP contribution in [0.4, 0.5) is 4.39 Å². The summed E-state index contributed by atoms with van der Waals surface area (Å²) in [5, 5.41) is 12.9. The van der Waals surface area contributed by atoms with Gasteiger partial charge in [-0.15, -0.1) is 11.3 Å². The summed E-state index contributed by atoms with van der Waals surface area (Å²) < 4.78 is 23.0. The smallest absolute Gasteiger partial charge is 0.341 e. The average molecular weight is 443 g/mol. The third-order valence-corrected chi connectivity index (χ3v) is 7.60. The number of methoxy groups -OCH3 is 1. The first-order valence-corrected chi connectivity index (χ1v) is 11.2. The zero-order valence-electron chi connectivity index (χ0n) is 17.3. The van der Waals surface area contributed by atoms with Crippen molar-refractivity contribution in [3.05, 3.63) is 50.4 Å². The molecule has 2 aliphatic rings. The number of benzene rings is 1. The van der Waals surface area contributed by atoms with Crippen LogP contribution in [0.1, 0.15) is 58.6 Å². The molecule has 0 saturated heterocycles. The predicted molar refractivity (Wildman–Crippen MR) is 118 cm³/mol. The lowest BCUT2D eigenvalue weighted by atomic mass is 9.94. The lowest BCUT2D eigenvalue weighted by Crippen LogP contribution is -2.19. The molecule has 1 atom stereocenters. The summed E-state index contributed by atoms with van der Waals surface area (Å²) in [4.78, 5) is 26.4. The molecular weight excluding hydrogens is 419 g/mol. The topological polar surface area (TPSA) is 80.6 Å². The maximum absolute atomic E-state index is 15.5. The fourth-order valence-corrected chi connectivity index (χ4v) is 6.03. The largest absolute Gasteiger partial charge is 0.494 e. The Balaban J connectivity index is 1.81. The van der Waals surface area contributed by atoms with Gasteiger partial charge < -0.3 is 19.7 Å². The predicted octanol–water partition coefficient (Wildman–Crippen LogP) is 4.51. The third-order valence-electron chi connectivity index (χ3n) is 6.29. The van der Waals surface area contributed by atoms with Gasteiger partial charge in [0.15, 0.2) is 5.75 Å².